The van der Waals surface area contributed by atoms with Gasteiger partial charge in [-0.25, -0.2) is 9.97 Å². The summed E-state index contributed by atoms with van der Waals surface area (Å²) in [5, 5.41) is 0.828. The van der Waals surface area contributed by atoms with E-state index in [-0.39, 0.29) is 5.95 Å². The Morgan fingerprint density at radius 1 is 1.20 bits per heavy atom. The van der Waals surface area contributed by atoms with E-state index in [0.717, 1.165) is 14.4 Å². The van der Waals surface area contributed by atoms with Crippen molar-refractivity contribution in [2.24, 2.45) is 0 Å². The monoisotopic (exact) mass is 281 g/mol. The lowest BCUT2D eigenvalue weighted by Gasteiger charge is -2.03. The van der Waals surface area contributed by atoms with Crippen LogP contribution in [0.15, 0.2) is 50.9 Å². The van der Waals surface area contributed by atoms with Crippen LogP contribution in [0.5, 0.6) is 0 Å². The van der Waals surface area contributed by atoms with Crippen molar-refractivity contribution in [2.45, 2.75) is 9.92 Å². The molecule has 2 N–H and O–H groups in total. The minimum Gasteiger partial charge on any atom is -0.368 e. The molecule has 0 amide bonds. The fourth-order valence-electron chi connectivity index (χ4n) is 1.04. The quantitative estimate of drug-likeness (QED) is 0.860. The highest BCUT2D eigenvalue weighted by molar-refractivity contribution is 9.10. The number of nitrogens with zero attached hydrogens (tertiary/aromatic N) is 2. The van der Waals surface area contributed by atoms with E-state index in [2.05, 4.69) is 25.9 Å². The van der Waals surface area contributed by atoms with Crippen molar-refractivity contribution in [2.75, 3.05) is 5.73 Å². The fraction of sp³-hybridized carbons (Fsp3) is 0. The van der Waals surface area contributed by atoms with Crippen molar-refractivity contribution in [3.63, 3.8) is 0 Å². The van der Waals surface area contributed by atoms with Gasteiger partial charge in [-0.15, -0.1) is 0 Å². The first kappa shape index (κ1) is 10.4. The van der Waals surface area contributed by atoms with Gasteiger partial charge in [0.2, 0.25) is 5.95 Å². The summed E-state index contributed by atoms with van der Waals surface area (Å²) in [6, 6.07) is 10.00. The minimum absolute atomic E-state index is 0.289. The van der Waals surface area contributed by atoms with Gasteiger partial charge < -0.3 is 5.73 Å². The molecule has 0 spiro atoms. The highest BCUT2D eigenvalue weighted by Crippen LogP contribution is 2.31. The molecule has 0 saturated heterocycles. The van der Waals surface area contributed by atoms with Crippen LogP contribution in [0, 0.1) is 0 Å². The van der Waals surface area contributed by atoms with Gasteiger partial charge in [0, 0.05) is 11.1 Å². The van der Waals surface area contributed by atoms with E-state index in [9.17, 15) is 0 Å². The number of benzene rings is 1. The van der Waals surface area contributed by atoms with E-state index in [1.54, 1.807) is 18.0 Å². The Balaban J connectivity index is 2.28. The normalized spacial score (nSPS) is 10.2. The van der Waals surface area contributed by atoms with Crippen LogP contribution >= 0.6 is 27.7 Å². The molecule has 5 heteroatoms. The molecule has 1 aromatic carbocycles. The van der Waals surface area contributed by atoms with Gasteiger partial charge >= 0.3 is 0 Å². The van der Waals surface area contributed by atoms with Crippen LogP contribution in [0.3, 0.4) is 0 Å². The third-order valence-electron chi connectivity index (χ3n) is 1.69. The van der Waals surface area contributed by atoms with E-state index in [4.69, 9.17) is 5.73 Å². The molecule has 0 aliphatic rings. The number of hydrogen-bond donors (Lipinski definition) is 1. The van der Waals surface area contributed by atoms with Crippen LogP contribution in [0.2, 0.25) is 0 Å². The van der Waals surface area contributed by atoms with E-state index < -0.39 is 0 Å². The third kappa shape index (κ3) is 2.70. The second-order valence-electron chi connectivity index (χ2n) is 2.80. The Hall–Kier alpha value is -1.07. The second kappa shape index (κ2) is 4.63. The summed E-state index contributed by atoms with van der Waals surface area (Å²) in [6.45, 7) is 0. The van der Waals surface area contributed by atoms with Gasteiger partial charge in [0.15, 0.2) is 0 Å². The van der Waals surface area contributed by atoms with Crippen molar-refractivity contribution < 1.29 is 0 Å². The van der Waals surface area contributed by atoms with Crippen LogP contribution in [0.4, 0.5) is 5.95 Å². The molecule has 0 saturated carbocycles. The molecule has 1 aromatic heterocycles. The van der Waals surface area contributed by atoms with Crippen LogP contribution in [-0.2, 0) is 0 Å². The molecule has 0 aliphatic carbocycles. The first-order valence-electron chi connectivity index (χ1n) is 4.26. The molecule has 0 unspecified atom stereocenters. The molecule has 1 heterocycles. The van der Waals surface area contributed by atoms with Crippen molar-refractivity contribution in [1.29, 1.82) is 0 Å². The van der Waals surface area contributed by atoms with Gasteiger partial charge in [0.25, 0.3) is 0 Å². The lowest BCUT2D eigenvalue weighted by Crippen LogP contribution is -1.95. The number of hydrogen-bond acceptors (Lipinski definition) is 4. The minimum atomic E-state index is 0.289. The summed E-state index contributed by atoms with van der Waals surface area (Å²) < 4.78 is 0.852. The van der Waals surface area contributed by atoms with Crippen LogP contribution in [0.25, 0.3) is 0 Å². The van der Waals surface area contributed by atoms with Gasteiger partial charge in [-0.05, 0) is 28.1 Å². The van der Waals surface area contributed by atoms with E-state index in [0.29, 0.717) is 0 Å². The maximum atomic E-state index is 5.52. The van der Waals surface area contributed by atoms with Crippen molar-refractivity contribution >= 4 is 33.6 Å². The number of aromatic nitrogens is 2. The molecular weight excluding hydrogens is 274 g/mol. The highest BCUT2D eigenvalue weighted by atomic mass is 79.9. The maximum absolute atomic E-state index is 5.52. The standard InChI is InChI=1S/C10H8BrN3S/c11-8-6-13-10(12)14-9(8)15-7-4-2-1-3-5-7/h1-6H,(H2,12,13,14). The summed E-state index contributed by atoms with van der Waals surface area (Å²) in [6.07, 6.45) is 1.66. The van der Waals surface area contributed by atoms with E-state index in [1.165, 1.54) is 0 Å². The van der Waals surface area contributed by atoms with Crippen molar-refractivity contribution in [1.82, 2.24) is 9.97 Å². The van der Waals surface area contributed by atoms with Crippen LogP contribution < -0.4 is 5.73 Å². The summed E-state index contributed by atoms with van der Waals surface area (Å²) in [4.78, 5) is 9.16. The smallest absolute Gasteiger partial charge is 0.221 e. The first-order chi connectivity index (χ1) is 7.25. The Labute approximate surface area is 100 Å². The van der Waals surface area contributed by atoms with Crippen molar-refractivity contribution in [3.05, 3.63) is 41.0 Å². The Morgan fingerprint density at radius 2 is 1.93 bits per heavy atom. The predicted molar refractivity (Wildman–Crippen MR) is 64.7 cm³/mol. The van der Waals surface area contributed by atoms with Crippen LogP contribution in [-0.4, -0.2) is 9.97 Å². The molecule has 3 nitrogen and oxygen atoms in total. The summed E-state index contributed by atoms with van der Waals surface area (Å²) in [5.74, 6) is 0.289. The zero-order chi connectivity index (χ0) is 10.7. The number of rotatable bonds is 2. The summed E-state index contributed by atoms with van der Waals surface area (Å²) in [7, 11) is 0. The Bertz CT molecular complexity index is 461. The third-order valence-corrected chi connectivity index (χ3v) is 3.54. The van der Waals surface area contributed by atoms with Gasteiger partial charge in [0.05, 0.1) is 4.47 Å². The SMILES string of the molecule is Nc1ncc(Br)c(Sc2ccccc2)n1. The number of nitrogens with two attached hydrogens (primary N) is 1. The lowest BCUT2D eigenvalue weighted by molar-refractivity contribution is 1.04. The number of anilines is 1. The first-order valence-corrected chi connectivity index (χ1v) is 5.87. The van der Waals surface area contributed by atoms with Gasteiger partial charge in [-0.2, -0.15) is 0 Å². The fourth-order valence-corrected chi connectivity index (χ4v) is 2.28. The van der Waals surface area contributed by atoms with Crippen LogP contribution in [0.1, 0.15) is 0 Å². The van der Waals surface area contributed by atoms with E-state index in [1.807, 2.05) is 30.3 Å². The topological polar surface area (TPSA) is 51.8 Å². The molecule has 0 atom stereocenters. The second-order valence-corrected chi connectivity index (χ2v) is 4.71. The zero-order valence-corrected chi connectivity index (χ0v) is 10.1. The number of halogens is 1. The van der Waals surface area contributed by atoms with Gasteiger partial charge in [0.1, 0.15) is 5.03 Å². The van der Waals surface area contributed by atoms with Gasteiger partial charge in [-0.3, -0.25) is 0 Å². The largest absolute Gasteiger partial charge is 0.368 e. The average molecular weight is 282 g/mol. The highest BCUT2D eigenvalue weighted by Gasteiger charge is 2.04. The molecule has 2 aromatic rings. The molecule has 76 valence electrons. The predicted octanol–water partition coefficient (Wildman–Crippen LogP) is 2.97. The Morgan fingerprint density at radius 3 is 2.67 bits per heavy atom. The molecule has 0 radical (unpaired) electrons. The summed E-state index contributed by atoms with van der Waals surface area (Å²) in [5.41, 5.74) is 5.52. The molecule has 0 aliphatic heterocycles. The molecule has 15 heavy (non-hydrogen) atoms. The van der Waals surface area contributed by atoms with Gasteiger partial charge in [-0.1, -0.05) is 30.0 Å². The maximum Gasteiger partial charge on any atom is 0.221 e. The van der Waals surface area contributed by atoms with E-state index >= 15 is 0 Å². The molecule has 0 bridgehead atoms. The molecule has 0 fully saturated rings. The lowest BCUT2D eigenvalue weighted by atomic mass is 10.4. The molecular formula is C10H8BrN3S. The Kier molecular flexibility index (Phi) is 3.23. The zero-order valence-electron chi connectivity index (χ0n) is 7.72. The number of nitrogen functional groups attached to an aromatic ring is 1. The molecule has 2 rings (SSSR count). The summed E-state index contributed by atoms with van der Waals surface area (Å²) >= 11 is 4.94. The average Bonchev–Trinajstić information content (AvgIpc) is 2.25. The van der Waals surface area contributed by atoms with Crippen molar-refractivity contribution in [3.8, 4) is 0 Å².